The topological polar surface area (TPSA) is 130 Å². The Labute approximate surface area is 103 Å². The minimum Gasteiger partial charge on any atom is -0.480 e. The Kier molecular flexibility index (Phi) is 4.18. The van der Waals surface area contributed by atoms with Crippen LogP contribution in [0.25, 0.3) is 0 Å². The van der Waals surface area contributed by atoms with Gasteiger partial charge in [0.2, 0.25) is 0 Å². The Bertz CT molecular complexity index is 411. The number of nitrogens with zero attached hydrogens (tertiary/aromatic N) is 3. The summed E-state index contributed by atoms with van der Waals surface area (Å²) in [7, 11) is 0. The number of rotatable bonds is 4. The summed E-state index contributed by atoms with van der Waals surface area (Å²) < 4.78 is 4.96. The van der Waals surface area contributed by atoms with Crippen molar-refractivity contribution in [2.45, 2.75) is 38.8 Å². The summed E-state index contributed by atoms with van der Waals surface area (Å²) >= 11 is 0. The molecule has 1 atom stereocenters. The average Bonchev–Trinajstić information content (AvgIpc) is 2.66. The standard InChI is InChI=1S/C9H15N5O4/c1-9(2,3)18-8(17)10-5(7(15)16)4-6-11-13-14-12-6/h5H,4H2,1-3H3,(H,10,17)(H,15,16)(H,11,12,13,14)/t5-/m0/s1. The summed E-state index contributed by atoms with van der Waals surface area (Å²) in [5, 5.41) is 23.9. The Morgan fingerprint density at radius 2 is 2.17 bits per heavy atom. The third-order valence-corrected chi connectivity index (χ3v) is 1.76. The van der Waals surface area contributed by atoms with Crippen LogP contribution in [-0.4, -0.2) is 49.4 Å². The zero-order valence-electron chi connectivity index (χ0n) is 10.3. The summed E-state index contributed by atoms with van der Waals surface area (Å²) in [6, 6.07) is -1.17. The number of carbonyl (C=O) groups excluding carboxylic acids is 1. The second-order valence-electron chi connectivity index (χ2n) is 4.57. The Morgan fingerprint density at radius 3 is 2.61 bits per heavy atom. The third kappa shape index (κ3) is 4.76. The lowest BCUT2D eigenvalue weighted by Gasteiger charge is -2.21. The van der Waals surface area contributed by atoms with E-state index in [0.717, 1.165) is 0 Å². The maximum Gasteiger partial charge on any atom is 0.408 e. The number of carboxylic acid groups (broad SMARTS) is 1. The van der Waals surface area contributed by atoms with Crippen molar-refractivity contribution in [2.75, 3.05) is 0 Å². The number of tetrazole rings is 1. The molecule has 0 radical (unpaired) electrons. The first-order valence-corrected chi connectivity index (χ1v) is 5.22. The van der Waals surface area contributed by atoms with E-state index < -0.39 is 23.7 Å². The Balaban J connectivity index is 2.58. The summed E-state index contributed by atoms with van der Waals surface area (Å²) in [5.41, 5.74) is -0.695. The second-order valence-corrected chi connectivity index (χ2v) is 4.57. The van der Waals surface area contributed by atoms with Gasteiger partial charge in [-0.3, -0.25) is 0 Å². The van der Waals surface area contributed by atoms with E-state index in [-0.39, 0.29) is 12.2 Å². The molecule has 0 aromatic carbocycles. The van der Waals surface area contributed by atoms with E-state index in [9.17, 15) is 9.59 Å². The van der Waals surface area contributed by atoms with E-state index in [0.29, 0.717) is 0 Å². The number of carbonyl (C=O) groups is 2. The molecular formula is C9H15N5O4. The number of aliphatic carboxylic acids is 1. The quantitative estimate of drug-likeness (QED) is 0.676. The van der Waals surface area contributed by atoms with E-state index in [4.69, 9.17) is 9.84 Å². The van der Waals surface area contributed by atoms with Gasteiger partial charge in [0.25, 0.3) is 0 Å². The molecule has 18 heavy (non-hydrogen) atoms. The molecule has 0 bridgehead atoms. The molecule has 3 N–H and O–H groups in total. The van der Waals surface area contributed by atoms with Crippen molar-refractivity contribution in [3.8, 4) is 0 Å². The molecule has 0 saturated heterocycles. The molecule has 1 heterocycles. The maximum absolute atomic E-state index is 11.4. The van der Waals surface area contributed by atoms with Crippen LogP contribution in [0.1, 0.15) is 26.6 Å². The fourth-order valence-electron chi connectivity index (χ4n) is 1.10. The van der Waals surface area contributed by atoms with Gasteiger partial charge in [0.15, 0.2) is 5.82 Å². The zero-order valence-corrected chi connectivity index (χ0v) is 10.3. The predicted octanol–water partition coefficient (Wildman–Crippen LogP) is -0.280. The van der Waals surface area contributed by atoms with E-state index in [2.05, 4.69) is 25.9 Å². The van der Waals surface area contributed by atoms with Crippen molar-refractivity contribution in [1.29, 1.82) is 0 Å². The number of aromatic amines is 1. The Hall–Kier alpha value is -2.19. The highest BCUT2D eigenvalue weighted by molar-refractivity contribution is 5.80. The van der Waals surface area contributed by atoms with E-state index in [1.807, 2.05) is 0 Å². The van der Waals surface area contributed by atoms with Crippen molar-refractivity contribution < 1.29 is 19.4 Å². The first kappa shape index (κ1) is 13.9. The van der Waals surface area contributed by atoms with E-state index in [1.54, 1.807) is 20.8 Å². The largest absolute Gasteiger partial charge is 0.480 e. The van der Waals surface area contributed by atoms with Crippen molar-refractivity contribution >= 4 is 12.1 Å². The number of ether oxygens (including phenoxy) is 1. The molecule has 0 aliphatic rings. The number of hydrogen-bond acceptors (Lipinski definition) is 6. The predicted molar refractivity (Wildman–Crippen MR) is 58.7 cm³/mol. The first-order valence-electron chi connectivity index (χ1n) is 5.22. The lowest BCUT2D eigenvalue weighted by Crippen LogP contribution is -2.44. The van der Waals surface area contributed by atoms with Gasteiger partial charge in [-0.25, -0.2) is 9.59 Å². The van der Waals surface area contributed by atoms with Crippen LogP contribution in [0.3, 0.4) is 0 Å². The number of carboxylic acids is 1. The molecule has 1 aromatic heterocycles. The van der Waals surface area contributed by atoms with Gasteiger partial charge in [0, 0.05) is 6.42 Å². The van der Waals surface area contributed by atoms with Crippen LogP contribution in [0.2, 0.25) is 0 Å². The monoisotopic (exact) mass is 257 g/mol. The SMILES string of the molecule is CC(C)(C)OC(=O)N[C@@H](Cc1nn[nH]n1)C(=O)O. The molecule has 100 valence electrons. The van der Waals surface area contributed by atoms with Crippen molar-refractivity contribution in [3.05, 3.63) is 5.82 Å². The molecule has 1 rings (SSSR count). The zero-order chi connectivity index (χ0) is 13.8. The van der Waals surface area contributed by atoms with Gasteiger partial charge in [0.05, 0.1) is 0 Å². The van der Waals surface area contributed by atoms with Crippen molar-refractivity contribution in [1.82, 2.24) is 25.9 Å². The molecule has 1 amide bonds. The number of nitrogens with one attached hydrogen (secondary N) is 2. The van der Waals surface area contributed by atoms with Crippen LogP contribution in [0, 0.1) is 0 Å². The van der Waals surface area contributed by atoms with Crippen LogP contribution in [0.4, 0.5) is 4.79 Å². The number of hydrogen-bond donors (Lipinski definition) is 3. The van der Waals surface area contributed by atoms with Crippen molar-refractivity contribution in [2.24, 2.45) is 0 Å². The molecule has 0 aliphatic carbocycles. The highest BCUT2D eigenvalue weighted by Crippen LogP contribution is 2.07. The van der Waals surface area contributed by atoms with Gasteiger partial charge in [-0.05, 0) is 20.8 Å². The van der Waals surface area contributed by atoms with Gasteiger partial charge in [-0.15, -0.1) is 10.2 Å². The normalized spacial score (nSPS) is 12.8. The molecular weight excluding hydrogens is 242 g/mol. The van der Waals surface area contributed by atoms with Gasteiger partial charge < -0.3 is 15.2 Å². The molecule has 0 spiro atoms. The number of aromatic nitrogens is 4. The van der Waals surface area contributed by atoms with Crippen LogP contribution in [0.5, 0.6) is 0 Å². The molecule has 0 unspecified atom stereocenters. The van der Waals surface area contributed by atoms with Crippen molar-refractivity contribution in [3.63, 3.8) is 0 Å². The highest BCUT2D eigenvalue weighted by atomic mass is 16.6. The maximum atomic E-state index is 11.4. The van der Waals surface area contributed by atoms with E-state index in [1.165, 1.54) is 0 Å². The lowest BCUT2D eigenvalue weighted by atomic mass is 10.2. The van der Waals surface area contributed by atoms with Gasteiger partial charge >= 0.3 is 12.1 Å². The molecule has 0 fully saturated rings. The molecule has 9 nitrogen and oxygen atoms in total. The first-order chi connectivity index (χ1) is 8.28. The third-order valence-electron chi connectivity index (χ3n) is 1.76. The minimum absolute atomic E-state index is 0.0783. The average molecular weight is 257 g/mol. The second kappa shape index (κ2) is 5.43. The summed E-state index contributed by atoms with van der Waals surface area (Å²) in [4.78, 5) is 22.4. The van der Waals surface area contributed by atoms with Gasteiger partial charge in [-0.1, -0.05) is 5.21 Å². The number of alkyl carbamates (subject to hydrolysis) is 1. The van der Waals surface area contributed by atoms with Gasteiger partial charge in [0.1, 0.15) is 11.6 Å². The summed E-state index contributed by atoms with van der Waals surface area (Å²) in [6.07, 6.45) is -0.885. The highest BCUT2D eigenvalue weighted by Gasteiger charge is 2.25. The minimum atomic E-state index is -1.20. The molecule has 1 aromatic rings. The van der Waals surface area contributed by atoms with Crippen LogP contribution < -0.4 is 5.32 Å². The molecule has 0 aliphatic heterocycles. The van der Waals surface area contributed by atoms with Crippen LogP contribution >= 0.6 is 0 Å². The molecule has 9 heteroatoms. The van der Waals surface area contributed by atoms with Crippen LogP contribution in [0.15, 0.2) is 0 Å². The number of amides is 1. The smallest absolute Gasteiger partial charge is 0.408 e. The Morgan fingerprint density at radius 1 is 1.50 bits per heavy atom. The fourth-order valence-corrected chi connectivity index (χ4v) is 1.10. The molecule has 0 saturated carbocycles. The summed E-state index contributed by atoms with van der Waals surface area (Å²) in [5.74, 6) is -1.01. The number of H-pyrrole nitrogens is 1. The van der Waals surface area contributed by atoms with E-state index >= 15 is 0 Å². The van der Waals surface area contributed by atoms with Gasteiger partial charge in [-0.2, -0.15) is 5.21 Å². The lowest BCUT2D eigenvalue weighted by molar-refractivity contribution is -0.139. The summed E-state index contributed by atoms with van der Waals surface area (Å²) in [6.45, 7) is 5.05. The fraction of sp³-hybridized carbons (Fsp3) is 0.667. The van der Waals surface area contributed by atoms with Crippen LogP contribution in [-0.2, 0) is 16.0 Å².